The summed E-state index contributed by atoms with van der Waals surface area (Å²) in [4.78, 5) is 36.9. The van der Waals surface area contributed by atoms with Crippen LogP contribution in [-0.2, 0) is 9.59 Å². The van der Waals surface area contributed by atoms with Crippen LogP contribution in [0.1, 0.15) is 44.1 Å². The second kappa shape index (κ2) is 10.0. The zero-order valence-corrected chi connectivity index (χ0v) is 18.9. The number of fused-ring (bicyclic) bond motifs is 1. The second-order valence-corrected chi connectivity index (χ2v) is 8.81. The molecule has 2 aromatic heterocycles. The minimum Gasteiger partial charge on any atom is -0.475 e. The molecule has 0 bridgehead atoms. The zero-order chi connectivity index (χ0) is 26.0. The number of urea groups is 1. The van der Waals surface area contributed by atoms with Gasteiger partial charge in [-0.25, -0.2) is 14.6 Å². The van der Waals surface area contributed by atoms with Gasteiger partial charge >= 0.3 is 18.2 Å². The maximum atomic E-state index is 11.9. The lowest BCUT2D eigenvalue weighted by atomic mass is 9.92. The van der Waals surface area contributed by atoms with Crippen molar-refractivity contribution in [1.82, 2.24) is 25.2 Å². The van der Waals surface area contributed by atoms with Crippen LogP contribution in [0.3, 0.4) is 0 Å². The molecule has 2 aromatic rings. The van der Waals surface area contributed by atoms with E-state index >= 15 is 0 Å². The van der Waals surface area contributed by atoms with Gasteiger partial charge in [0.2, 0.25) is 0 Å². The van der Waals surface area contributed by atoms with Crippen LogP contribution < -0.4 is 27.0 Å². The van der Waals surface area contributed by atoms with Gasteiger partial charge in [-0.15, -0.1) is 0 Å². The van der Waals surface area contributed by atoms with Crippen molar-refractivity contribution >= 4 is 41.3 Å². The Morgan fingerprint density at radius 1 is 1.11 bits per heavy atom. The highest BCUT2D eigenvalue weighted by atomic mass is 19.4. The number of halogens is 3. The van der Waals surface area contributed by atoms with Crippen molar-refractivity contribution in [2.24, 2.45) is 5.73 Å². The molecule has 1 aliphatic heterocycles. The average Bonchev–Trinajstić information content (AvgIpc) is 3.43. The Hall–Kier alpha value is -3.88. The molecule has 3 amide bonds. The summed E-state index contributed by atoms with van der Waals surface area (Å²) in [5.41, 5.74) is 7.48. The third kappa shape index (κ3) is 6.21. The summed E-state index contributed by atoms with van der Waals surface area (Å²) in [5.74, 6) is -1.59. The highest BCUT2D eigenvalue weighted by Gasteiger charge is 2.38. The number of anilines is 2. The van der Waals surface area contributed by atoms with E-state index in [4.69, 9.17) is 20.6 Å². The largest absolute Gasteiger partial charge is 0.490 e. The number of hydrogen-bond donors (Lipinski definition) is 6. The first-order valence-electron chi connectivity index (χ1n) is 11.3. The molecular formula is C21H25F3N8O4. The number of amides is 3. The predicted molar refractivity (Wildman–Crippen MR) is 122 cm³/mol. The van der Waals surface area contributed by atoms with E-state index in [-0.39, 0.29) is 11.7 Å². The number of aliphatic carboxylic acids is 1. The monoisotopic (exact) mass is 510 g/mol. The number of nitrogens with two attached hydrogens (primary N) is 1. The maximum Gasteiger partial charge on any atom is 0.490 e. The summed E-state index contributed by atoms with van der Waals surface area (Å²) in [6.45, 7) is 0. The fraction of sp³-hybridized carbons (Fsp3) is 0.476. The minimum absolute atomic E-state index is 0.183. The predicted octanol–water partition coefficient (Wildman–Crippen LogP) is 1.80. The van der Waals surface area contributed by atoms with Gasteiger partial charge in [0, 0.05) is 29.8 Å². The molecule has 3 aliphatic rings. The molecule has 5 rings (SSSR count). The van der Waals surface area contributed by atoms with Gasteiger partial charge in [0.25, 0.3) is 5.91 Å². The number of carbonyl (C=O) groups is 3. The van der Waals surface area contributed by atoms with Crippen molar-refractivity contribution < 1.29 is 32.7 Å². The van der Waals surface area contributed by atoms with Gasteiger partial charge in [0.05, 0.1) is 6.20 Å². The van der Waals surface area contributed by atoms with E-state index in [9.17, 15) is 22.8 Å². The molecule has 36 heavy (non-hydrogen) atoms. The molecule has 0 radical (unpaired) electrons. The number of aromatic nitrogens is 3. The molecule has 3 heterocycles. The standard InChI is InChI=1S/C19H24N8O2.C2HF3O2/c20-11-1-3-12(4-2-11)22-15-8-16(23-13-5-6-13)27-17(25-15)10(9-21-27)7-14-18(28)26-19(29)24-14;3-2(4,5)1(6)7/h7-9,11-13,23H,1-6,20H2,(H,22,25)(H2,24,26,28,29);(H,6,7)/b14-7-;. The molecule has 7 N–H and O–H groups in total. The van der Waals surface area contributed by atoms with E-state index < -0.39 is 24.1 Å². The van der Waals surface area contributed by atoms with E-state index in [2.05, 4.69) is 26.4 Å². The van der Waals surface area contributed by atoms with Crippen LogP contribution in [0.4, 0.5) is 29.6 Å². The molecule has 15 heteroatoms. The molecule has 2 aliphatic carbocycles. The van der Waals surface area contributed by atoms with Gasteiger partial charge in [-0.3, -0.25) is 10.1 Å². The molecule has 0 spiro atoms. The third-order valence-electron chi connectivity index (χ3n) is 5.81. The molecular weight excluding hydrogens is 485 g/mol. The highest BCUT2D eigenvalue weighted by Crippen LogP contribution is 2.29. The summed E-state index contributed by atoms with van der Waals surface area (Å²) in [6.07, 6.45) is 4.48. The summed E-state index contributed by atoms with van der Waals surface area (Å²) in [5, 5.41) is 23.3. The lowest BCUT2D eigenvalue weighted by molar-refractivity contribution is -0.192. The van der Waals surface area contributed by atoms with Crippen molar-refractivity contribution in [1.29, 1.82) is 0 Å². The number of carboxylic acid groups (broad SMARTS) is 1. The number of nitrogens with one attached hydrogen (secondary N) is 4. The first kappa shape index (κ1) is 25.2. The van der Waals surface area contributed by atoms with Crippen LogP contribution in [0.25, 0.3) is 11.7 Å². The van der Waals surface area contributed by atoms with Crippen molar-refractivity contribution in [2.45, 2.75) is 62.8 Å². The number of carboxylic acids is 1. The molecule has 0 aromatic carbocycles. The molecule has 12 nitrogen and oxygen atoms in total. The van der Waals surface area contributed by atoms with E-state index in [1.165, 1.54) is 0 Å². The quantitative estimate of drug-likeness (QED) is 0.259. The van der Waals surface area contributed by atoms with E-state index in [1.807, 2.05) is 6.07 Å². The number of alkyl halides is 3. The molecule has 0 unspecified atom stereocenters. The number of carbonyl (C=O) groups excluding carboxylic acids is 2. The fourth-order valence-corrected chi connectivity index (χ4v) is 3.81. The Bertz CT molecular complexity index is 1200. The zero-order valence-electron chi connectivity index (χ0n) is 18.9. The van der Waals surface area contributed by atoms with Crippen molar-refractivity contribution in [2.75, 3.05) is 10.6 Å². The van der Waals surface area contributed by atoms with Gasteiger partial charge in [-0.1, -0.05) is 0 Å². The van der Waals surface area contributed by atoms with E-state index in [0.29, 0.717) is 23.3 Å². The van der Waals surface area contributed by atoms with Gasteiger partial charge in [0.15, 0.2) is 5.65 Å². The first-order chi connectivity index (χ1) is 17.0. The Balaban J connectivity index is 0.000000384. The number of nitrogens with zero attached hydrogens (tertiary/aromatic N) is 3. The Labute approximate surface area is 202 Å². The summed E-state index contributed by atoms with van der Waals surface area (Å²) < 4.78 is 33.5. The van der Waals surface area contributed by atoms with Crippen LogP contribution in [-0.4, -0.2) is 61.9 Å². The first-order valence-corrected chi connectivity index (χ1v) is 11.3. The lowest BCUT2D eigenvalue weighted by Crippen LogP contribution is -2.33. The van der Waals surface area contributed by atoms with Crippen LogP contribution in [0, 0.1) is 0 Å². The van der Waals surface area contributed by atoms with Crippen molar-refractivity contribution in [3.8, 4) is 0 Å². The van der Waals surface area contributed by atoms with Gasteiger partial charge in [0.1, 0.15) is 17.3 Å². The van der Waals surface area contributed by atoms with Gasteiger partial charge < -0.3 is 26.8 Å². The van der Waals surface area contributed by atoms with Crippen LogP contribution in [0.5, 0.6) is 0 Å². The lowest BCUT2D eigenvalue weighted by Gasteiger charge is -2.27. The summed E-state index contributed by atoms with van der Waals surface area (Å²) >= 11 is 0. The smallest absolute Gasteiger partial charge is 0.475 e. The average molecular weight is 510 g/mol. The number of rotatable bonds is 5. The van der Waals surface area contributed by atoms with Crippen molar-refractivity contribution in [3.05, 3.63) is 23.5 Å². The van der Waals surface area contributed by atoms with Gasteiger partial charge in [-0.05, 0) is 44.6 Å². The third-order valence-corrected chi connectivity index (χ3v) is 5.81. The van der Waals surface area contributed by atoms with Gasteiger partial charge in [-0.2, -0.15) is 22.8 Å². The van der Waals surface area contributed by atoms with Crippen LogP contribution in [0.15, 0.2) is 18.0 Å². The number of hydrogen-bond acceptors (Lipinski definition) is 8. The van der Waals surface area contributed by atoms with E-state index in [0.717, 1.165) is 50.2 Å². The second-order valence-electron chi connectivity index (χ2n) is 8.81. The van der Waals surface area contributed by atoms with Crippen LogP contribution in [0.2, 0.25) is 0 Å². The molecule has 2 saturated carbocycles. The molecule has 1 saturated heterocycles. The molecule has 0 atom stereocenters. The highest BCUT2D eigenvalue weighted by molar-refractivity contribution is 6.14. The summed E-state index contributed by atoms with van der Waals surface area (Å²) in [7, 11) is 0. The normalized spacial score (nSPS) is 23.1. The number of imide groups is 1. The minimum atomic E-state index is -5.08. The Morgan fingerprint density at radius 3 is 2.28 bits per heavy atom. The van der Waals surface area contributed by atoms with Crippen molar-refractivity contribution in [3.63, 3.8) is 0 Å². The Morgan fingerprint density at radius 2 is 1.72 bits per heavy atom. The topological polar surface area (TPSA) is 176 Å². The van der Waals surface area contributed by atoms with Crippen LogP contribution >= 0.6 is 0 Å². The maximum absolute atomic E-state index is 11.9. The molecule has 194 valence electrons. The Kier molecular flexibility index (Phi) is 7.01. The fourth-order valence-electron chi connectivity index (χ4n) is 3.81. The van der Waals surface area contributed by atoms with E-state index in [1.54, 1.807) is 16.8 Å². The SMILES string of the molecule is NC1CCC(Nc2cc(NC3CC3)n3ncc(/C=C4\NC(=O)NC4=O)c3n2)CC1.O=C(O)C(F)(F)F. The molecule has 3 fully saturated rings. The summed E-state index contributed by atoms with van der Waals surface area (Å²) in [6, 6.07) is 2.53.